The van der Waals surface area contributed by atoms with Gasteiger partial charge in [0.05, 0.1) is 0 Å². The quantitative estimate of drug-likeness (QED) is 0.430. The summed E-state index contributed by atoms with van der Waals surface area (Å²) in [6.45, 7) is 21.6. The summed E-state index contributed by atoms with van der Waals surface area (Å²) in [7, 11) is 2.34. The highest BCUT2D eigenvalue weighted by molar-refractivity contribution is 7.57. The maximum atomic E-state index is 2.48. The number of rotatable bonds is 8. The maximum absolute atomic E-state index is 2.48. The van der Waals surface area contributed by atoms with E-state index in [9.17, 15) is 0 Å². The highest BCUT2D eigenvalue weighted by Gasteiger charge is 2.17. The molecule has 2 heteroatoms. The van der Waals surface area contributed by atoms with Crippen molar-refractivity contribution in [3.8, 4) is 0 Å². The zero-order chi connectivity index (χ0) is 16.0. The van der Waals surface area contributed by atoms with E-state index in [1.807, 2.05) is 0 Å². The minimum atomic E-state index is 0.497. The van der Waals surface area contributed by atoms with Gasteiger partial charge >= 0.3 is 0 Å². The molecule has 0 spiro atoms. The minimum Gasteiger partial charge on any atom is -0.115 e. The van der Waals surface area contributed by atoms with Crippen LogP contribution in [0.3, 0.4) is 0 Å². The Bertz CT molecular complexity index is 221. The summed E-state index contributed by atoms with van der Waals surface area (Å²) in [4.78, 5) is 0. The molecule has 4 unspecified atom stereocenters. The predicted molar refractivity (Wildman–Crippen MR) is 102 cm³/mol. The summed E-state index contributed by atoms with van der Waals surface area (Å²) in [5, 5.41) is 0.958. The molecule has 0 heterocycles. The molecule has 0 N–H and O–H groups in total. The van der Waals surface area contributed by atoms with E-state index in [4.69, 9.17) is 0 Å². The van der Waals surface area contributed by atoms with Crippen LogP contribution in [0.4, 0.5) is 0 Å². The molecule has 0 radical (unpaired) electrons. The molecule has 0 aromatic heterocycles. The summed E-state index contributed by atoms with van der Waals surface area (Å²) >= 11 is 0. The molecule has 0 aliphatic carbocycles. The molecule has 0 rings (SSSR count). The van der Waals surface area contributed by atoms with E-state index in [1.165, 1.54) is 42.3 Å². The monoisotopic (exact) mass is 318 g/mol. The average Bonchev–Trinajstić information content (AvgIpc) is 2.18. The van der Waals surface area contributed by atoms with Crippen molar-refractivity contribution in [2.45, 2.75) is 80.6 Å². The molecular formula is C18H40P2. The van der Waals surface area contributed by atoms with Crippen molar-refractivity contribution in [3.05, 3.63) is 0 Å². The van der Waals surface area contributed by atoms with E-state index in [-0.39, 0.29) is 0 Å². The lowest BCUT2D eigenvalue weighted by molar-refractivity contribution is 0.323. The maximum Gasteiger partial charge on any atom is -0.00894 e. The van der Waals surface area contributed by atoms with Crippen molar-refractivity contribution < 1.29 is 0 Å². The lowest BCUT2D eigenvalue weighted by Gasteiger charge is -2.26. The Morgan fingerprint density at radius 3 is 1.20 bits per heavy atom. The molecule has 0 aliphatic heterocycles. The Labute approximate surface area is 133 Å². The molecule has 122 valence electrons. The fourth-order valence-electron chi connectivity index (χ4n) is 3.06. The molecule has 0 aliphatic rings. The van der Waals surface area contributed by atoms with Crippen molar-refractivity contribution >= 4 is 17.2 Å². The summed E-state index contributed by atoms with van der Waals surface area (Å²) in [6.07, 6.45) is 5.63. The van der Waals surface area contributed by atoms with Crippen LogP contribution < -0.4 is 0 Å². The van der Waals surface area contributed by atoms with Gasteiger partial charge in [-0.3, -0.25) is 0 Å². The van der Waals surface area contributed by atoms with Gasteiger partial charge < -0.3 is 0 Å². The Kier molecular flexibility index (Phi) is 9.49. The highest BCUT2D eigenvalue weighted by Crippen LogP contribution is 2.39. The lowest BCUT2D eigenvalue weighted by atomic mass is 9.86. The highest BCUT2D eigenvalue weighted by atomic mass is 31.1. The Morgan fingerprint density at radius 1 is 0.650 bits per heavy atom. The fourth-order valence-corrected chi connectivity index (χ4v) is 6.15. The van der Waals surface area contributed by atoms with E-state index >= 15 is 0 Å². The van der Waals surface area contributed by atoms with Gasteiger partial charge in [0.2, 0.25) is 0 Å². The summed E-state index contributed by atoms with van der Waals surface area (Å²) in [6, 6.07) is 0. The standard InChI is InChI=1S/C18H40P2/c1-14(10-17(4,5)6)12-19-16(3)20-13-15(2)11-18(7,8)9/h14-16,19-20H,10-13H2,1-9H3. The van der Waals surface area contributed by atoms with Gasteiger partial charge in [-0.15, -0.1) is 17.2 Å². The third kappa shape index (κ3) is 13.8. The summed E-state index contributed by atoms with van der Waals surface area (Å²) < 4.78 is 0. The van der Waals surface area contributed by atoms with E-state index < -0.39 is 0 Å². The van der Waals surface area contributed by atoms with Crippen LogP contribution in [0, 0.1) is 22.7 Å². The van der Waals surface area contributed by atoms with Gasteiger partial charge in [0, 0.05) is 0 Å². The van der Waals surface area contributed by atoms with Gasteiger partial charge in [-0.25, -0.2) is 0 Å². The SMILES string of the molecule is CC(CPC(C)PCC(C)CC(C)(C)C)CC(C)(C)C. The van der Waals surface area contributed by atoms with E-state index in [0.717, 1.165) is 17.2 Å². The minimum absolute atomic E-state index is 0.497. The second-order valence-electron chi connectivity index (χ2n) is 9.28. The third-order valence-corrected chi connectivity index (χ3v) is 7.78. The van der Waals surface area contributed by atoms with Crippen LogP contribution in [0.2, 0.25) is 0 Å². The zero-order valence-corrected chi connectivity index (χ0v) is 17.6. The summed E-state index contributed by atoms with van der Waals surface area (Å²) in [5.74, 6) is 1.79. The molecule has 20 heavy (non-hydrogen) atoms. The van der Waals surface area contributed by atoms with Crippen LogP contribution in [-0.2, 0) is 0 Å². The van der Waals surface area contributed by atoms with E-state index in [1.54, 1.807) is 0 Å². The molecule has 0 nitrogen and oxygen atoms in total. The van der Waals surface area contributed by atoms with Crippen molar-refractivity contribution in [3.63, 3.8) is 0 Å². The fraction of sp³-hybridized carbons (Fsp3) is 1.00. The number of hydrogen-bond donors (Lipinski definition) is 0. The number of hydrogen-bond acceptors (Lipinski definition) is 0. The second kappa shape index (κ2) is 9.10. The van der Waals surface area contributed by atoms with Crippen LogP contribution in [0.1, 0.15) is 75.2 Å². The molecule has 0 fully saturated rings. The van der Waals surface area contributed by atoms with Crippen LogP contribution >= 0.6 is 17.2 Å². The van der Waals surface area contributed by atoms with Gasteiger partial charge in [-0.2, -0.15) is 0 Å². The molecule has 0 amide bonds. The Balaban J connectivity index is 3.81. The molecule has 0 aromatic rings. The predicted octanol–water partition coefficient (Wildman–Crippen LogP) is 6.83. The third-order valence-electron chi connectivity index (χ3n) is 3.47. The first-order valence-corrected chi connectivity index (χ1v) is 10.9. The van der Waals surface area contributed by atoms with Gasteiger partial charge in [-0.1, -0.05) is 62.3 Å². The van der Waals surface area contributed by atoms with Crippen molar-refractivity contribution in [1.82, 2.24) is 0 Å². The first-order valence-electron chi connectivity index (χ1n) is 8.36. The summed E-state index contributed by atoms with van der Waals surface area (Å²) in [5.41, 5.74) is 0.993. The Morgan fingerprint density at radius 2 is 0.950 bits per heavy atom. The second-order valence-corrected chi connectivity index (χ2v) is 13.2. The van der Waals surface area contributed by atoms with Crippen molar-refractivity contribution in [2.75, 3.05) is 12.3 Å². The van der Waals surface area contributed by atoms with Gasteiger partial charge in [0.15, 0.2) is 0 Å². The zero-order valence-electron chi connectivity index (χ0n) is 15.6. The van der Waals surface area contributed by atoms with Crippen LogP contribution in [0.15, 0.2) is 0 Å². The van der Waals surface area contributed by atoms with Crippen molar-refractivity contribution in [2.24, 2.45) is 22.7 Å². The van der Waals surface area contributed by atoms with Crippen molar-refractivity contribution in [1.29, 1.82) is 0 Å². The average molecular weight is 318 g/mol. The lowest BCUT2D eigenvalue weighted by Crippen LogP contribution is -2.13. The van der Waals surface area contributed by atoms with Crippen LogP contribution in [0.25, 0.3) is 0 Å². The first kappa shape index (κ1) is 20.9. The normalized spacial score (nSPS) is 19.1. The van der Waals surface area contributed by atoms with E-state index in [0.29, 0.717) is 10.8 Å². The topological polar surface area (TPSA) is 0 Å². The molecular weight excluding hydrogens is 278 g/mol. The molecule has 0 aromatic carbocycles. The largest absolute Gasteiger partial charge is 0.115 e. The Hall–Kier alpha value is 0.860. The first-order chi connectivity index (χ1) is 8.89. The molecule has 0 bridgehead atoms. The van der Waals surface area contributed by atoms with Gasteiger partial charge in [0.1, 0.15) is 0 Å². The van der Waals surface area contributed by atoms with E-state index in [2.05, 4.69) is 62.3 Å². The van der Waals surface area contributed by atoms with Crippen LogP contribution in [-0.4, -0.2) is 17.7 Å². The van der Waals surface area contributed by atoms with Gasteiger partial charge in [0.25, 0.3) is 0 Å². The smallest absolute Gasteiger partial charge is 0.00894 e. The van der Waals surface area contributed by atoms with Gasteiger partial charge in [-0.05, 0) is 53.2 Å². The molecule has 0 saturated carbocycles. The van der Waals surface area contributed by atoms with Crippen LogP contribution in [0.5, 0.6) is 0 Å². The molecule has 4 atom stereocenters. The molecule has 0 saturated heterocycles.